The molecule has 1 fully saturated rings. The lowest BCUT2D eigenvalue weighted by Gasteiger charge is -2.33. The summed E-state index contributed by atoms with van der Waals surface area (Å²) in [5.41, 5.74) is 7.72. The molecule has 25 nitrogen and oxygen atoms in total. The van der Waals surface area contributed by atoms with Gasteiger partial charge in [0.1, 0.15) is 49.2 Å². The van der Waals surface area contributed by atoms with Gasteiger partial charge in [0.2, 0.25) is 11.3 Å². The van der Waals surface area contributed by atoms with E-state index in [1.165, 1.54) is 39.4 Å². The van der Waals surface area contributed by atoms with E-state index in [0.29, 0.717) is 43.0 Å². The van der Waals surface area contributed by atoms with E-state index in [4.69, 9.17) is 19.3 Å². The smallest absolute Gasteiger partial charge is 0.456 e. The average Bonchev–Trinajstić information content (AvgIpc) is 4.14. The number of aryl methyl sites for hydroxylation is 2. The summed E-state index contributed by atoms with van der Waals surface area (Å²) in [4.78, 5) is 81.0. The molecule has 6 atom stereocenters. The van der Waals surface area contributed by atoms with Crippen molar-refractivity contribution in [2.24, 2.45) is 0 Å². The zero-order valence-electron chi connectivity index (χ0n) is 44.0. The van der Waals surface area contributed by atoms with Crippen LogP contribution in [0.15, 0.2) is 61.2 Å². The van der Waals surface area contributed by atoms with Crippen LogP contribution in [0.5, 0.6) is 11.5 Å². The maximum Gasteiger partial charge on any atom is 0.490 e. The van der Waals surface area contributed by atoms with Gasteiger partial charge in [0, 0.05) is 91.8 Å². The molecular weight excluding hydrogens is 1090 g/mol. The molecule has 2 aromatic heterocycles. The average molecular weight is 1160 g/mol. The van der Waals surface area contributed by atoms with Gasteiger partial charge in [0.15, 0.2) is 23.2 Å². The molecule has 79 heavy (non-hydrogen) atoms. The van der Waals surface area contributed by atoms with Crippen molar-refractivity contribution in [2.45, 2.75) is 103 Å². The highest BCUT2D eigenvalue weighted by Crippen LogP contribution is 2.66. The van der Waals surface area contributed by atoms with Crippen LogP contribution in [0.25, 0.3) is 16.7 Å². The first-order valence-electron chi connectivity index (χ1n) is 26.5. The van der Waals surface area contributed by atoms with Crippen molar-refractivity contribution < 1.29 is 75.7 Å². The molecule has 0 radical (unpaired) electrons. The Kier molecular flexibility index (Phi) is 18.2. The minimum Gasteiger partial charge on any atom is -0.456 e. The first kappa shape index (κ1) is 58.2. The van der Waals surface area contributed by atoms with Crippen molar-refractivity contribution in [3.05, 3.63) is 99.6 Å². The Morgan fingerprint density at radius 2 is 1.63 bits per heavy atom. The number of imidazole rings is 1. The number of nitrogens with zero attached hydrogens (tertiary/aromatic N) is 7. The lowest BCUT2D eigenvalue weighted by Crippen LogP contribution is -2.39. The van der Waals surface area contributed by atoms with Gasteiger partial charge in [-0.1, -0.05) is 31.0 Å². The van der Waals surface area contributed by atoms with Crippen molar-refractivity contribution in [2.75, 3.05) is 69.7 Å². The zero-order valence-corrected chi connectivity index (χ0v) is 46.7. The summed E-state index contributed by atoms with van der Waals surface area (Å²) in [6.07, 6.45) is 4.37. The molecule has 4 aliphatic heterocycles. The fraction of sp³-hybridized carbons (Fsp3) is 0.490. The monoisotopic (exact) mass is 1150 g/mol. The van der Waals surface area contributed by atoms with Crippen LogP contribution < -0.4 is 35.4 Å². The Bertz CT molecular complexity index is 3380. The van der Waals surface area contributed by atoms with Crippen LogP contribution in [0.4, 0.5) is 11.5 Å². The number of aliphatic hydroxyl groups is 2. The maximum atomic E-state index is 14.5. The van der Waals surface area contributed by atoms with Crippen LogP contribution in [0.1, 0.15) is 104 Å². The summed E-state index contributed by atoms with van der Waals surface area (Å²) < 4.78 is 62.9. The molecule has 0 bridgehead atoms. The van der Waals surface area contributed by atoms with Gasteiger partial charge in [0.25, 0.3) is 5.91 Å². The maximum absolute atomic E-state index is 14.5. The lowest BCUT2D eigenvalue weighted by atomic mass is 9.86. The number of fused-ring (bicyclic) bond motifs is 5. The van der Waals surface area contributed by atoms with Crippen molar-refractivity contribution in [1.82, 2.24) is 34.3 Å². The number of unbranched alkanes of at least 4 members (excludes halogenated alkanes) is 3. The van der Waals surface area contributed by atoms with Gasteiger partial charge in [0.05, 0.1) is 19.0 Å². The third-order valence-corrected chi connectivity index (χ3v) is 18.3. The summed E-state index contributed by atoms with van der Waals surface area (Å²) in [6.45, 7) is 8.62. The van der Waals surface area contributed by atoms with Crippen LogP contribution in [0.2, 0.25) is 0 Å². The van der Waals surface area contributed by atoms with Gasteiger partial charge in [-0.25, -0.2) is 33.2 Å². The normalized spacial score (nSPS) is 20.3. The fourth-order valence-electron chi connectivity index (χ4n) is 10.7. The van der Waals surface area contributed by atoms with Gasteiger partial charge < -0.3 is 59.7 Å². The molecule has 426 valence electrons. The molecule has 8 N–H and O–H groups in total. The summed E-state index contributed by atoms with van der Waals surface area (Å²) in [5, 5.41) is 29.8. The minimum absolute atomic E-state index is 0.0835. The van der Waals surface area contributed by atoms with Crippen molar-refractivity contribution in [3.63, 3.8) is 0 Å². The molecule has 0 aliphatic carbocycles. The predicted molar refractivity (Wildman–Crippen MR) is 289 cm³/mol. The van der Waals surface area contributed by atoms with E-state index in [1.807, 2.05) is 24.3 Å². The Morgan fingerprint density at radius 1 is 0.861 bits per heavy atom. The Balaban J connectivity index is 0.736. The topological polar surface area (TPSA) is 330 Å². The Labute approximate surface area is 455 Å². The SMILES string of the molecule is CCN1CCCc2cc3c(cc21)Oc1cc2c(cc1=C3c1ccccc1C(=O)N(C)CCCC(=O)NCCCCCCNc1ncnc3c1ncn3[C@@H]1O[C@H](COP(=O)(O)OP(=O)(O)OP(=O)(O)O)[C@@H](O)[C@H]1O)CCC[N+]=2CC. The number of nitrogens with one attached hydrogen (secondary N) is 2. The third kappa shape index (κ3) is 13.5. The van der Waals surface area contributed by atoms with E-state index in [2.05, 4.69) is 86.3 Å². The molecule has 9 rings (SSSR count). The molecule has 6 heterocycles. The molecule has 28 heteroatoms. The summed E-state index contributed by atoms with van der Waals surface area (Å²) in [5.74, 6) is 1.76. The number of phosphoric ester groups is 1. The van der Waals surface area contributed by atoms with Gasteiger partial charge >= 0.3 is 23.5 Å². The summed E-state index contributed by atoms with van der Waals surface area (Å²) >= 11 is 0. The van der Waals surface area contributed by atoms with E-state index in [0.717, 1.165) is 111 Å². The second-order valence-electron chi connectivity index (χ2n) is 19.8. The second kappa shape index (κ2) is 24.7. The molecule has 2 unspecified atom stereocenters. The molecule has 3 aromatic carbocycles. The van der Waals surface area contributed by atoms with Gasteiger partial charge in [-0.05, 0) is 81.7 Å². The van der Waals surface area contributed by atoms with Crippen LogP contribution in [-0.2, 0) is 49.2 Å². The highest BCUT2D eigenvalue weighted by atomic mass is 31.3. The third-order valence-electron chi connectivity index (χ3n) is 14.5. The van der Waals surface area contributed by atoms with E-state index in [9.17, 15) is 43.3 Å². The minimum atomic E-state index is -5.78. The predicted octanol–water partition coefficient (Wildman–Crippen LogP) is 4.01. The largest absolute Gasteiger partial charge is 0.490 e. The first-order valence-corrected chi connectivity index (χ1v) is 31.0. The molecule has 1 saturated heterocycles. The summed E-state index contributed by atoms with van der Waals surface area (Å²) in [6, 6.07) is 16.8. The number of carbonyl (C=O) groups excluding carboxylic acids is 2. The number of hydrogen-bond acceptors (Lipinski definition) is 17. The Hall–Kier alpha value is -5.49. The molecule has 2 amide bonds. The van der Waals surface area contributed by atoms with Crippen LogP contribution in [-0.4, -0.2) is 144 Å². The van der Waals surface area contributed by atoms with Crippen molar-refractivity contribution in [1.29, 1.82) is 0 Å². The number of rotatable bonds is 24. The van der Waals surface area contributed by atoms with Crippen LogP contribution in [0.3, 0.4) is 0 Å². The number of carbonyl (C=O) groups is 2. The van der Waals surface area contributed by atoms with Gasteiger partial charge in [-0.2, -0.15) is 8.62 Å². The standard InChI is InChI=1S/C51H66N9O16P3/c1-4-58-23-12-15-32-25-36-40(27-38(32)58)73-41-28-39-33(16-13-24-59(39)5-2)26-37(41)44(36)34-17-8-9-18-35(34)50(64)57(3)22-14-19-43(61)52-20-10-6-7-11-21-53-48-45-49(55-30-54-48)60(31-56-45)51-47(63)46(62)42(74-51)29-72-78(68,69)76-79(70,71)75-77(65,66)67/h8-9,17-18,25-28,30-31,42,46-47,51,62-63H,4-7,10-16,19-24,29H2,1-3H3,(H5-,52,53,54,55,61,65,66,67,68,69,70,71)/p+1/t42-,46-,47-,51-/m1/s1. The molecule has 0 saturated carbocycles. The highest BCUT2D eigenvalue weighted by Gasteiger charge is 2.47. The first-order chi connectivity index (χ1) is 37.7. The fourth-order valence-corrected chi connectivity index (χ4v) is 13.7. The number of aliphatic hydroxyl groups excluding tert-OH is 2. The molecule has 4 aliphatic rings. The quantitative estimate of drug-likeness (QED) is 0.0241. The molecule has 5 aromatic rings. The van der Waals surface area contributed by atoms with E-state index < -0.39 is 54.6 Å². The van der Waals surface area contributed by atoms with Crippen molar-refractivity contribution >= 4 is 63.5 Å². The van der Waals surface area contributed by atoms with E-state index in [-0.39, 0.29) is 23.9 Å². The number of benzene rings is 3. The number of amides is 2. The lowest BCUT2D eigenvalue weighted by molar-refractivity contribution is -0.121. The van der Waals surface area contributed by atoms with E-state index in [1.54, 1.807) is 11.9 Å². The Morgan fingerprint density at radius 3 is 2.41 bits per heavy atom. The second-order valence-corrected chi connectivity index (χ2v) is 24.3. The number of anilines is 2. The number of aromatic nitrogens is 4. The van der Waals surface area contributed by atoms with Crippen LogP contribution >= 0.6 is 23.5 Å². The number of ether oxygens (including phenoxy) is 2. The molecule has 0 spiro atoms. The zero-order chi connectivity index (χ0) is 56.2. The van der Waals surface area contributed by atoms with Crippen LogP contribution in [0, 0.1) is 0 Å². The van der Waals surface area contributed by atoms with Gasteiger partial charge in [-0.3, -0.25) is 18.7 Å². The van der Waals surface area contributed by atoms with Crippen molar-refractivity contribution in [3.8, 4) is 11.5 Å². The number of hydrogen-bond donors (Lipinski definition) is 8. The van der Waals surface area contributed by atoms with Gasteiger partial charge in [-0.15, -0.1) is 0 Å². The molecular formula is C51H67N9O16P3+. The highest BCUT2D eigenvalue weighted by molar-refractivity contribution is 7.66. The summed E-state index contributed by atoms with van der Waals surface area (Å²) in [7, 11) is -15.1. The van der Waals surface area contributed by atoms with E-state index >= 15 is 0 Å². The number of phosphoric acid groups is 3.